The Morgan fingerprint density at radius 1 is 0.800 bits per heavy atom. The van der Waals surface area contributed by atoms with Gasteiger partial charge in [0.05, 0.1) is 12.3 Å². The highest BCUT2D eigenvalue weighted by Crippen LogP contribution is 2.55. The topological polar surface area (TPSA) is 56.6 Å². The quantitative estimate of drug-likeness (QED) is 0.157. The molecule has 45 heavy (non-hydrogen) atoms. The van der Waals surface area contributed by atoms with Gasteiger partial charge >= 0.3 is 5.97 Å². The van der Waals surface area contributed by atoms with Gasteiger partial charge in [0.1, 0.15) is 5.75 Å². The number of cyclic esters (lactones) is 1. The Morgan fingerprint density at radius 3 is 2.27 bits per heavy atom. The van der Waals surface area contributed by atoms with E-state index in [0.29, 0.717) is 23.6 Å². The van der Waals surface area contributed by atoms with Crippen LogP contribution in [0.15, 0.2) is 121 Å². The highest BCUT2D eigenvalue weighted by atomic mass is 16.6. The number of rotatable bonds is 9. The third-order valence-electron chi connectivity index (χ3n) is 8.65. The van der Waals surface area contributed by atoms with Crippen molar-refractivity contribution in [3.63, 3.8) is 0 Å². The number of aryl methyl sites for hydroxylation is 1. The van der Waals surface area contributed by atoms with E-state index in [9.17, 15) is 4.79 Å². The molecule has 0 radical (unpaired) electrons. The second-order valence-corrected chi connectivity index (χ2v) is 11.0. The predicted molar refractivity (Wildman–Crippen MR) is 179 cm³/mol. The Balaban J connectivity index is 1.59. The molecule has 0 saturated heterocycles. The van der Waals surface area contributed by atoms with E-state index in [-0.39, 0.29) is 0 Å². The zero-order chi connectivity index (χ0) is 31.0. The SMILES string of the molecule is CCOc1cc(N(CC)c2ccccc2)ccc1C1(c2c(-c3ccccc3)n(CC)c3ccccc23)OC(=O)c2ncccc21. The second-order valence-electron chi connectivity index (χ2n) is 11.0. The zero-order valence-electron chi connectivity index (χ0n) is 25.7. The van der Waals surface area contributed by atoms with Crippen molar-refractivity contribution in [1.29, 1.82) is 0 Å². The van der Waals surface area contributed by atoms with Crippen LogP contribution in [0.25, 0.3) is 22.2 Å². The summed E-state index contributed by atoms with van der Waals surface area (Å²) in [6.45, 7) is 8.20. The van der Waals surface area contributed by atoms with Crippen molar-refractivity contribution in [3.05, 3.63) is 144 Å². The number of fused-ring (bicyclic) bond motifs is 2. The molecule has 1 atom stereocenters. The fourth-order valence-corrected chi connectivity index (χ4v) is 6.87. The summed E-state index contributed by atoms with van der Waals surface area (Å²) in [4.78, 5) is 20.6. The van der Waals surface area contributed by atoms with Gasteiger partial charge < -0.3 is 18.9 Å². The molecule has 0 amide bonds. The third-order valence-corrected chi connectivity index (χ3v) is 8.65. The minimum atomic E-state index is -1.32. The molecule has 3 heterocycles. The molecule has 7 rings (SSSR count). The second kappa shape index (κ2) is 11.6. The largest absolute Gasteiger partial charge is 0.493 e. The average molecular weight is 594 g/mol. The number of ether oxygens (including phenoxy) is 2. The molecule has 6 heteroatoms. The Labute approximate surface area is 263 Å². The van der Waals surface area contributed by atoms with Gasteiger partial charge in [-0.1, -0.05) is 72.8 Å². The summed E-state index contributed by atoms with van der Waals surface area (Å²) in [6.07, 6.45) is 1.65. The molecule has 1 aliphatic rings. The molecule has 0 fully saturated rings. The number of carbonyl (C=O) groups is 1. The third kappa shape index (κ3) is 4.48. The lowest BCUT2D eigenvalue weighted by Gasteiger charge is -2.33. The lowest BCUT2D eigenvalue weighted by atomic mass is 9.78. The number of nitrogens with zero attached hydrogens (tertiary/aromatic N) is 3. The molecule has 224 valence electrons. The van der Waals surface area contributed by atoms with E-state index in [1.54, 1.807) is 6.20 Å². The molecular weight excluding hydrogens is 558 g/mol. The van der Waals surface area contributed by atoms with Crippen LogP contribution < -0.4 is 9.64 Å². The molecule has 0 saturated carbocycles. The van der Waals surface area contributed by atoms with Gasteiger partial charge in [0.2, 0.25) is 0 Å². The molecular formula is C39H35N3O3. The first-order valence-electron chi connectivity index (χ1n) is 15.6. The number of anilines is 2. The van der Waals surface area contributed by atoms with Gasteiger partial charge in [-0.2, -0.15) is 0 Å². The number of aromatic nitrogens is 2. The molecule has 0 aliphatic carbocycles. The smallest absolute Gasteiger partial charge is 0.358 e. The highest BCUT2D eigenvalue weighted by molar-refractivity contribution is 6.00. The fourth-order valence-electron chi connectivity index (χ4n) is 6.87. The number of hydrogen-bond acceptors (Lipinski definition) is 5. The maximum Gasteiger partial charge on any atom is 0.358 e. The van der Waals surface area contributed by atoms with E-state index in [1.807, 2.05) is 61.5 Å². The van der Waals surface area contributed by atoms with E-state index in [0.717, 1.165) is 57.8 Å². The molecule has 0 bridgehead atoms. The van der Waals surface area contributed by atoms with Crippen molar-refractivity contribution < 1.29 is 14.3 Å². The molecule has 4 aromatic carbocycles. The van der Waals surface area contributed by atoms with E-state index in [2.05, 4.69) is 89.0 Å². The van der Waals surface area contributed by atoms with Crippen molar-refractivity contribution >= 4 is 28.2 Å². The molecule has 1 unspecified atom stereocenters. The van der Waals surface area contributed by atoms with Crippen LogP contribution >= 0.6 is 0 Å². The summed E-state index contributed by atoms with van der Waals surface area (Å²) in [7, 11) is 0. The number of para-hydroxylation sites is 2. The van der Waals surface area contributed by atoms with Crippen LogP contribution in [-0.4, -0.2) is 28.7 Å². The van der Waals surface area contributed by atoms with Crippen molar-refractivity contribution in [2.45, 2.75) is 32.9 Å². The van der Waals surface area contributed by atoms with Crippen LogP contribution in [-0.2, 0) is 16.9 Å². The molecule has 0 N–H and O–H groups in total. The highest BCUT2D eigenvalue weighted by Gasteiger charge is 2.54. The van der Waals surface area contributed by atoms with Gasteiger partial charge in [0.25, 0.3) is 0 Å². The summed E-state index contributed by atoms with van der Waals surface area (Å²) < 4.78 is 15.5. The van der Waals surface area contributed by atoms with E-state index < -0.39 is 11.6 Å². The van der Waals surface area contributed by atoms with Gasteiger partial charge in [0.15, 0.2) is 11.3 Å². The Kier molecular flexibility index (Phi) is 7.34. The van der Waals surface area contributed by atoms with Crippen LogP contribution in [0.3, 0.4) is 0 Å². The van der Waals surface area contributed by atoms with Gasteiger partial charge in [-0.3, -0.25) is 0 Å². The summed E-state index contributed by atoms with van der Waals surface area (Å²) in [5, 5.41) is 1.01. The van der Waals surface area contributed by atoms with Crippen molar-refractivity contribution in [1.82, 2.24) is 9.55 Å². The number of hydrogen-bond donors (Lipinski definition) is 0. The molecule has 2 aromatic heterocycles. The first-order valence-corrected chi connectivity index (χ1v) is 15.6. The van der Waals surface area contributed by atoms with Crippen LogP contribution in [0, 0.1) is 0 Å². The molecule has 6 nitrogen and oxygen atoms in total. The van der Waals surface area contributed by atoms with E-state index >= 15 is 0 Å². The Morgan fingerprint density at radius 2 is 1.53 bits per heavy atom. The number of pyridine rings is 1. The van der Waals surface area contributed by atoms with Crippen LogP contribution in [0.2, 0.25) is 0 Å². The predicted octanol–water partition coefficient (Wildman–Crippen LogP) is 8.74. The average Bonchev–Trinajstić information content (AvgIpc) is 3.59. The van der Waals surface area contributed by atoms with E-state index in [1.165, 1.54) is 0 Å². The summed E-state index contributed by atoms with van der Waals surface area (Å²) in [5.41, 5.74) is 6.53. The normalized spacial score (nSPS) is 15.6. The number of esters is 1. The number of benzene rings is 4. The van der Waals surface area contributed by atoms with Crippen LogP contribution in [0.5, 0.6) is 5.75 Å². The van der Waals surface area contributed by atoms with Crippen molar-refractivity contribution in [3.8, 4) is 17.0 Å². The maximum absolute atomic E-state index is 13.8. The maximum atomic E-state index is 13.8. The number of carbonyl (C=O) groups excluding carboxylic acids is 1. The fraction of sp³-hybridized carbons (Fsp3) is 0.179. The minimum absolute atomic E-state index is 0.316. The van der Waals surface area contributed by atoms with Gasteiger partial charge in [-0.05, 0) is 62.7 Å². The summed E-state index contributed by atoms with van der Waals surface area (Å²) >= 11 is 0. The lowest BCUT2D eigenvalue weighted by Crippen LogP contribution is -2.31. The van der Waals surface area contributed by atoms with Crippen molar-refractivity contribution in [2.75, 3.05) is 18.1 Å². The first kappa shape index (κ1) is 28.4. The molecule has 0 spiro atoms. The van der Waals surface area contributed by atoms with Crippen molar-refractivity contribution in [2.24, 2.45) is 0 Å². The summed E-state index contributed by atoms with van der Waals surface area (Å²) in [5.74, 6) is 0.199. The molecule has 6 aromatic rings. The van der Waals surface area contributed by atoms with Gasteiger partial charge in [-0.15, -0.1) is 0 Å². The minimum Gasteiger partial charge on any atom is -0.493 e. The zero-order valence-corrected chi connectivity index (χ0v) is 25.7. The molecule has 1 aliphatic heterocycles. The Hall–Kier alpha value is -5.36. The lowest BCUT2D eigenvalue weighted by molar-refractivity contribution is 0.0247. The van der Waals surface area contributed by atoms with Crippen LogP contribution in [0.4, 0.5) is 11.4 Å². The first-order chi connectivity index (χ1) is 22.1. The van der Waals surface area contributed by atoms with Crippen LogP contribution in [0.1, 0.15) is 48.0 Å². The summed E-state index contributed by atoms with van der Waals surface area (Å²) in [6, 6.07) is 39.1. The van der Waals surface area contributed by atoms with Gasteiger partial charge in [0, 0.05) is 64.3 Å². The standard InChI is InChI=1S/C39H35N3O3/c1-4-41(28-18-11-8-12-19-28)29-23-24-31(34(26-29)44-6-3)39(32-21-15-25-40-36(32)38(43)45-39)35-30-20-13-14-22-33(30)42(5-2)37(35)27-16-9-7-10-17-27/h7-26H,4-6H2,1-3H3. The Bertz CT molecular complexity index is 2000. The monoisotopic (exact) mass is 593 g/mol. The van der Waals surface area contributed by atoms with Gasteiger partial charge in [-0.25, -0.2) is 9.78 Å². The van der Waals surface area contributed by atoms with E-state index in [4.69, 9.17) is 9.47 Å².